The fourth-order valence-electron chi connectivity index (χ4n) is 4.30. The number of amides is 1. The number of hydrogen-bond donors (Lipinski definition) is 0. The number of rotatable bonds is 7. The van der Waals surface area contributed by atoms with E-state index >= 15 is 0 Å². The number of sulfonamides is 1. The minimum Gasteiger partial charge on any atom is -0.376 e. The highest BCUT2D eigenvalue weighted by Crippen LogP contribution is 2.25. The van der Waals surface area contributed by atoms with Crippen molar-refractivity contribution in [2.45, 2.75) is 36.3 Å². The largest absolute Gasteiger partial charge is 0.376 e. The van der Waals surface area contributed by atoms with Crippen LogP contribution in [0.5, 0.6) is 0 Å². The van der Waals surface area contributed by atoms with Crippen LogP contribution in [0, 0.1) is 0 Å². The van der Waals surface area contributed by atoms with Crippen LogP contribution in [0.3, 0.4) is 0 Å². The second-order valence-electron chi connectivity index (χ2n) is 8.48. The second-order valence-corrected chi connectivity index (χ2v) is 12.7. The molecule has 8 nitrogen and oxygen atoms in total. The summed E-state index contributed by atoms with van der Waals surface area (Å²) in [6.07, 6.45) is 2.02. The van der Waals surface area contributed by atoms with Crippen molar-refractivity contribution in [2.24, 2.45) is 0 Å². The number of ether oxygens (including phenoxy) is 1. The first-order valence-corrected chi connectivity index (χ1v) is 14.2. The molecule has 0 N–H and O–H groups in total. The summed E-state index contributed by atoms with van der Waals surface area (Å²) >= 11 is 0. The van der Waals surface area contributed by atoms with Crippen LogP contribution in [0.4, 0.5) is 5.69 Å². The third-order valence-electron chi connectivity index (χ3n) is 6.21. The first kappa shape index (κ1) is 23.7. The van der Waals surface area contributed by atoms with Crippen LogP contribution in [-0.4, -0.2) is 71.5 Å². The van der Waals surface area contributed by atoms with E-state index in [1.165, 1.54) is 35.6 Å². The van der Waals surface area contributed by atoms with E-state index in [1.807, 2.05) is 6.07 Å². The summed E-state index contributed by atoms with van der Waals surface area (Å²) in [7, 11) is -5.49. The van der Waals surface area contributed by atoms with Gasteiger partial charge in [-0.2, -0.15) is 0 Å². The van der Waals surface area contributed by atoms with Gasteiger partial charge in [-0.3, -0.25) is 9.10 Å². The maximum Gasteiger partial charge on any atom is 0.264 e. The lowest BCUT2D eigenvalue weighted by Crippen LogP contribution is -2.45. The fourth-order valence-corrected chi connectivity index (χ4v) is 7.22. The lowest BCUT2D eigenvalue weighted by atomic mass is 10.1. The molecule has 0 radical (unpaired) electrons. The maximum atomic E-state index is 13.4. The Labute approximate surface area is 195 Å². The highest BCUT2D eigenvalue weighted by atomic mass is 32.2. The molecule has 1 amide bonds. The molecule has 4 rings (SSSR count). The van der Waals surface area contributed by atoms with Crippen molar-refractivity contribution >= 4 is 31.5 Å². The summed E-state index contributed by atoms with van der Waals surface area (Å²) in [6, 6.07) is 14.1. The summed E-state index contributed by atoms with van der Waals surface area (Å²) in [5.74, 6) is -0.302. The van der Waals surface area contributed by atoms with E-state index < -0.39 is 25.9 Å². The topological polar surface area (TPSA) is 101 Å². The highest BCUT2D eigenvalue weighted by molar-refractivity contribution is 7.92. The molecule has 2 aromatic rings. The predicted octanol–water partition coefficient (Wildman–Crippen LogP) is 2.32. The molecule has 0 aromatic heterocycles. The zero-order valence-corrected chi connectivity index (χ0v) is 20.1. The van der Waals surface area contributed by atoms with Gasteiger partial charge in [0.05, 0.1) is 28.2 Å². The van der Waals surface area contributed by atoms with Gasteiger partial charge < -0.3 is 9.64 Å². The zero-order valence-electron chi connectivity index (χ0n) is 18.5. The molecule has 178 valence electrons. The monoisotopic (exact) mass is 492 g/mol. The van der Waals surface area contributed by atoms with E-state index in [9.17, 15) is 21.6 Å². The Hall–Kier alpha value is -2.43. The fraction of sp³-hybridized carbons (Fsp3) is 0.435. The average Bonchev–Trinajstić information content (AvgIpc) is 3.46. The smallest absolute Gasteiger partial charge is 0.264 e. The van der Waals surface area contributed by atoms with Gasteiger partial charge in [0.25, 0.3) is 15.9 Å². The highest BCUT2D eigenvalue weighted by Gasteiger charge is 2.37. The SMILES string of the molecule is CN(c1ccccc1)S(=O)(=O)c1ccc(C(=O)N(C[C@H]2CCCO2)[C@H]2CCS(=O)(=O)C2)cc1. The molecule has 2 aliphatic heterocycles. The van der Waals surface area contributed by atoms with E-state index in [-0.39, 0.29) is 28.4 Å². The lowest BCUT2D eigenvalue weighted by Gasteiger charge is -2.30. The Balaban J connectivity index is 1.56. The third kappa shape index (κ3) is 5.23. The molecule has 10 heteroatoms. The number of carbonyl (C=O) groups excluding carboxylic acids is 1. The van der Waals surface area contributed by atoms with E-state index in [0.717, 1.165) is 12.8 Å². The van der Waals surface area contributed by atoms with Gasteiger partial charge >= 0.3 is 0 Å². The lowest BCUT2D eigenvalue weighted by molar-refractivity contribution is 0.0441. The van der Waals surface area contributed by atoms with Gasteiger partial charge in [0.2, 0.25) is 0 Å². The molecule has 2 fully saturated rings. The van der Waals surface area contributed by atoms with Gasteiger partial charge in [-0.15, -0.1) is 0 Å². The molecule has 2 heterocycles. The molecule has 0 unspecified atom stereocenters. The quantitative estimate of drug-likeness (QED) is 0.588. The summed E-state index contributed by atoms with van der Waals surface area (Å²) in [5.41, 5.74) is 0.849. The second kappa shape index (κ2) is 9.44. The van der Waals surface area contributed by atoms with Crippen molar-refractivity contribution < 1.29 is 26.4 Å². The molecule has 2 aliphatic rings. The summed E-state index contributed by atoms with van der Waals surface area (Å²) < 4.78 is 57.0. The van der Waals surface area contributed by atoms with Crippen molar-refractivity contribution in [1.29, 1.82) is 0 Å². The normalized spacial score (nSPS) is 22.2. The number of anilines is 1. The Kier molecular flexibility index (Phi) is 6.78. The van der Waals surface area contributed by atoms with E-state index in [4.69, 9.17) is 4.74 Å². The van der Waals surface area contributed by atoms with Crippen LogP contribution in [0.1, 0.15) is 29.6 Å². The van der Waals surface area contributed by atoms with Crippen LogP contribution < -0.4 is 4.31 Å². The Bertz CT molecular complexity index is 1190. The van der Waals surface area contributed by atoms with E-state index in [0.29, 0.717) is 30.8 Å². The molecule has 0 saturated carbocycles. The van der Waals surface area contributed by atoms with Crippen molar-refractivity contribution in [3.8, 4) is 0 Å². The molecule has 2 atom stereocenters. The Morgan fingerprint density at radius 3 is 2.33 bits per heavy atom. The predicted molar refractivity (Wildman–Crippen MR) is 126 cm³/mol. The summed E-state index contributed by atoms with van der Waals surface area (Å²) in [6.45, 7) is 0.965. The number of hydrogen-bond acceptors (Lipinski definition) is 6. The molecular formula is C23H28N2O6S2. The van der Waals surface area contributed by atoms with Gasteiger partial charge in [-0.05, 0) is 55.7 Å². The average molecular weight is 493 g/mol. The van der Waals surface area contributed by atoms with Crippen molar-refractivity contribution in [3.05, 3.63) is 60.2 Å². The van der Waals surface area contributed by atoms with Gasteiger partial charge in [0.15, 0.2) is 9.84 Å². The van der Waals surface area contributed by atoms with E-state index in [2.05, 4.69) is 0 Å². The first-order valence-electron chi connectivity index (χ1n) is 10.9. The standard InChI is InChI=1S/C23H28N2O6S2/c1-24(19-6-3-2-4-7-19)33(29,30)22-11-9-18(10-12-22)23(26)25(16-21-8-5-14-31-21)20-13-15-32(27,28)17-20/h2-4,6-7,9-12,20-21H,5,8,13-17H2,1H3/t20-,21+/m0/s1. The summed E-state index contributed by atoms with van der Waals surface area (Å²) in [4.78, 5) is 15.0. The van der Waals surface area contributed by atoms with Crippen LogP contribution in [0.2, 0.25) is 0 Å². The van der Waals surface area contributed by atoms with Gasteiger partial charge in [0, 0.05) is 31.8 Å². The Morgan fingerprint density at radius 2 is 1.76 bits per heavy atom. The van der Waals surface area contributed by atoms with Crippen molar-refractivity contribution in [1.82, 2.24) is 4.90 Å². The van der Waals surface area contributed by atoms with Crippen molar-refractivity contribution in [3.63, 3.8) is 0 Å². The molecule has 2 aromatic carbocycles. The number of sulfone groups is 1. The van der Waals surface area contributed by atoms with Crippen LogP contribution in [0.15, 0.2) is 59.5 Å². The molecular weight excluding hydrogens is 464 g/mol. The summed E-state index contributed by atoms with van der Waals surface area (Å²) in [5, 5.41) is 0. The van der Waals surface area contributed by atoms with Gasteiger partial charge in [0.1, 0.15) is 0 Å². The number of nitrogens with zero attached hydrogens (tertiary/aromatic N) is 2. The molecule has 2 saturated heterocycles. The number of benzene rings is 2. The first-order chi connectivity index (χ1) is 15.7. The molecule has 0 aliphatic carbocycles. The minimum atomic E-state index is -3.80. The van der Waals surface area contributed by atoms with Crippen LogP contribution in [0.25, 0.3) is 0 Å². The maximum absolute atomic E-state index is 13.4. The molecule has 0 spiro atoms. The Morgan fingerprint density at radius 1 is 1.06 bits per heavy atom. The zero-order chi connectivity index (χ0) is 23.6. The van der Waals surface area contributed by atoms with Gasteiger partial charge in [-0.25, -0.2) is 16.8 Å². The van der Waals surface area contributed by atoms with Crippen LogP contribution in [-0.2, 0) is 24.6 Å². The third-order valence-corrected chi connectivity index (χ3v) is 9.76. The van der Waals surface area contributed by atoms with Crippen LogP contribution >= 0.6 is 0 Å². The van der Waals surface area contributed by atoms with Gasteiger partial charge in [-0.1, -0.05) is 18.2 Å². The van der Waals surface area contributed by atoms with Crippen molar-refractivity contribution in [2.75, 3.05) is 36.0 Å². The number of para-hydroxylation sites is 1. The molecule has 33 heavy (non-hydrogen) atoms. The molecule has 0 bridgehead atoms. The number of carbonyl (C=O) groups is 1. The minimum absolute atomic E-state index is 0.0558. The van der Waals surface area contributed by atoms with E-state index in [1.54, 1.807) is 29.2 Å².